The molecule has 0 spiro atoms. The van der Waals surface area contributed by atoms with Crippen molar-refractivity contribution in [2.45, 2.75) is 90.6 Å². The van der Waals surface area contributed by atoms with Crippen LogP contribution in [0.5, 0.6) is 5.75 Å². The lowest BCUT2D eigenvalue weighted by Crippen LogP contribution is -2.58. The van der Waals surface area contributed by atoms with E-state index in [0.29, 0.717) is 31.6 Å². The molecule has 42 heavy (non-hydrogen) atoms. The number of nitrogens with zero attached hydrogens (tertiary/aromatic N) is 3. The summed E-state index contributed by atoms with van der Waals surface area (Å²) in [7, 11) is 0. The van der Waals surface area contributed by atoms with Crippen LogP contribution in [0.3, 0.4) is 0 Å². The predicted octanol–water partition coefficient (Wildman–Crippen LogP) is 2.18. The topological polar surface area (TPSA) is 171 Å². The third-order valence-electron chi connectivity index (χ3n) is 7.46. The number of carbonyl (C=O) groups is 4. The molecule has 4 N–H and O–H groups in total. The molecule has 0 aliphatic carbocycles. The number of likely N-dealkylation sites (tertiary alicyclic amines) is 1. The second-order valence-corrected chi connectivity index (χ2v) is 12.0. The van der Waals surface area contributed by atoms with Gasteiger partial charge in [0.25, 0.3) is 0 Å². The molecule has 0 bridgehead atoms. The van der Waals surface area contributed by atoms with E-state index in [1.807, 2.05) is 39.0 Å². The number of carbonyl (C=O) groups excluding carboxylic acids is 3. The normalized spacial score (nSPS) is 18.3. The standard InChI is InChI=1S/C30H39N5O7/c1-30(2,3)28(34-25(37)7-5-4-6-8-27(39)40)29(41)35-15-19(36)13-24(35)33-26(38)12-18-9-10-20-21-14-31-17-32-22(21)16-42-23(20)11-18/h9-11,14,17,19,24,28,36H,4-8,12-13,15-16H2,1-3H3,(H,33,38)(H,34,37)(H,39,40)/t19-,24+,28-/m1/s1. The largest absolute Gasteiger partial charge is 0.487 e. The van der Waals surface area contributed by atoms with Crippen molar-refractivity contribution in [1.82, 2.24) is 25.5 Å². The van der Waals surface area contributed by atoms with E-state index < -0.39 is 29.7 Å². The van der Waals surface area contributed by atoms with Crippen LogP contribution in [0.2, 0.25) is 0 Å². The van der Waals surface area contributed by atoms with E-state index in [4.69, 9.17) is 9.84 Å². The van der Waals surface area contributed by atoms with Crippen LogP contribution < -0.4 is 15.4 Å². The molecule has 12 heteroatoms. The van der Waals surface area contributed by atoms with E-state index in [-0.39, 0.29) is 49.9 Å². The molecule has 2 aliphatic heterocycles. The van der Waals surface area contributed by atoms with Gasteiger partial charge in [-0.2, -0.15) is 0 Å². The second kappa shape index (κ2) is 13.3. The highest BCUT2D eigenvalue weighted by atomic mass is 16.5. The fourth-order valence-corrected chi connectivity index (χ4v) is 5.26. The Hall–Kier alpha value is -4.06. The number of ether oxygens (including phenoxy) is 1. The van der Waals surface area contributed by atoms with Crippen molar-refractivity contribution in [3.8, 4) is 16.9 Å². The van der Waals surface area contributed by atoms with Gasteiger partial charge in [0.15, 0.2) is 0 Å². The molecule has 3 atom stereocenters. The van der Waals surface area contributed by atoms with Gasteiger partial charge in [-0.05, 0) is 29.9 Å². The number of hydrogen-bond donors (Lipinski definition) is 4. The van der Waals surface area contributed by atoms with Gasteiger partial charge in [0.2, 0.25) is 17.7 Å². The molecule has 4 rings (SSSR count). The van der Waals surface area contributed by atoms with Crippen LogP contribution in [-0.4, -0.2) is 73.6 Å². The Morgan fingerprint density at radius 1 is 1.10 bits per heavy atom. The summed E-state index contributed by atoms with van der Waals surface area (Å²) < 4.78 is 5.84. The molecule has 0 radical (unpaired) electrons. The zero-order chi connectivity index (χ0) is 30.4. The number of aliphatic carboxylic acids is 1. The number of benzene rings is 1. The number of β-amino-alcohol motifs (C(OH)–C–C–N with tert-alkyl or cyclic N) is 1. The van der Waals surface area contributed by atoms with E-state index in [9.17, 15) is 24.3 Å². The van der Waals surface area contributed by atoms with Crippen LogP contribution in [0.25, 0.3) is 11.1 Å². The molecule has 1 saturated heterocycles. The summed E-state index contributed by atoms with van der Waals surface area (Å²) in [6.45, 7) is 5.87. The highest BCUT2D eigenvalue weighted by Gasteiger charge is 2.42. The summed E-state index contributed by atoms with van der Waals surface area (Å²) in [5, 5.41) is 24.9. The van der Waals surface area contributed by atoms with Crippen LogP contribution in [0.15, 0.2) is 30.7 Å². The minimum atomic E-state index is -0.877. The van der Waals surface area contributed by atoms with E-state index in [1.54, 1.807) is 6.20 Å². The van der Waals surface area contributed by atoms with Crippen molar-refractivity contribution in [3.63, 3.8) is 0 Å². The number of aliphatic hydroxyl groups is 1. The first kappa shape index (κ1) is 30.9. The Kier molecular flexibility index (Phi) is 9.77. The molecule has 226 valence electrons. The first-order chi connectivity index (χ1) is 19.9. The summed E-state index contributed by atoms with van der Waals surface area (Å²) in [5.41, 5.74) is 2.64. The number of carboxylic acid groups (broad SMARTS) is 1. The molecule has 0 saturated carbocycles. The number of carboxylic acids is 1. The molecule has 1 fully saturated rings. The van der Waals surface area contributed by atoms with Crippen molar-refractivity contribution in [3.05, 3.63) is 42.0 Å². The van der Waals surface area contributed by atoms with Crippen molar-refractivity contribution < 1.29 is 34.1 Å². The molecule has 0 unspecified atom stereocenters. The number of amides is 3. The van der Waals surface area contributed by atoms with Gasteiger partial charge < -0.3 is 30.5 Å². The van der Waals surface area contributed by atoms with Gasteiger partial charge >= 0.3 is 5.97 Å². The van der Waals surface area contributed by atoms with E-state index >= 15 is 0 Å². The molecule has 1 aromatic heterocycles. The van der Waals surface area contributed by atoms with Crippen molar-refractivity contribution in [1.29, 1.82) is 0 Å². The molecular weight excluding hydrogens is 542 g/mol. The van der Waals surface area contributed by atoms with Gasteiger partial charge in [-0.1, -0.05) is 39.3 Å². The Labute approximate surface area is 244 Å². The van der Waals surface area contributed by atoms with Gasteiger partial charge in [-0.3, -0.25) is 19.2 Å². The number of rotatable bonds is 11. The fourth-order valence-electron chi connectivity index (χ4n) is 5.26. The van der Waals surface area contributed by atoms with Gasteiger partial charge in [0.1, 0.15) is 30.9 Å². The second-order valence-electron chi connectivity index (χ2n) is 12.0. The average Bonchev–Trinajstić information content (AvgIpc) is 3.29. The summed E-state index contributed by atoms with van der Waals surface area (Å²) in [6.07, 6.45) is 3.72. The van der Waals surface area contributed by atoms with Crippen LogP contribution in [0.1, 0.15) is 70.6 Å². The van der Waals surface area contributed by atoms with Crippen LogP contribution >= 0.6 is 0 Å². The first-order valence-electron chi connectivity index (χ1n) is 14.3. The summed E-state index contributed by atoms with van der Waals surface area (Å²) in [5.74, 6) is -1.23. The highest BCUT2D eigenvalue weighted by Crippen LogP contribution is 2.36. The lowest BCUT2D eigenvalue weighted by Gasteiger charge is -2.35. The summed E-state index contributed by atoms with van der Waals surface area (Å²) in [4.78, 5) is 59.9. The maximum atomic E-state index is 13.7. The number of aliphatic hydroxyl groups excluding tert-OH is 1. The molecule has 3 heterocycles. The first-order valence-corrected chi connectivity index (χ1v) is 14.3. The maximum absolute atomic E-state index is 13.7. The molecular formula is C30H39N5O7. The molecule has 2 aliphatic rings. The molecule has 12 nitrogen and oxygen atoms in total. The number of hydrogen-bond acceptors (Lipinski definition) is 8. The number of nitrogens with one attached hydrogen (secondary N) is 2. The Bertz CT molecular complexity index is 1330. The van der Waals surface area contributed by atoms with Crippen molar-refractivity contribution >= 4 is 23.7 Å². The average molecular weight is 582 g/mol. The van der Waals surface area contributed by atoms with Gasteiger partial charge in [-0.25, -0.2) is 9.97 Å². The van der Waals surface area contributed by atoms with Crippen molar-refractivity contribution in [2.24, 2.45) is 5.41 Å². The predicted molar refractivity (Wildman–Crippen MR) is 152 cm³/mol. The fraction of sp³-hybridized carbons (Fsp3) is 0.533. The van der Waals surface area contributed by atoms with Crippen molar-refractivity contribution in [2.75, 3.05) is 6.54 Å². The van der Waals surface area contributed by atoms with Crippen LogP contribution in [0.4, 0.5) is 0 Å². The number of unbranched alkanes of at least 4 members (excludes halogenated alkanes) is 2. The smallest absolute Gasteiger partial charge is 0.303 e. The lowest BCUT2D eigenvalue weighted by atomic mass is 9.85. The number of aromatic nitrogens is 2. The van der Waals surface area contributed by atoms with E-state index in [1.165, 1.54) is 11.2 Å². The number of fused-ring (bicyclic) bond motifs is 3. The van der Waals surface area contributed by atoms with Gasteiger partial charge in [0, 0.05) is 43.1 Å². The van der Waals surface area contributed by atoms with E-state index in [0.717, 1.165) is 22.4 Å². The summed E-state index contributed by atoms with van der Waals surface area (Å²) >= 11 is 0. The quantitative estimate of drug-likeness (QED) is 0.290. The molecule has 1 aromatic carbocycles. The lowest BCUT2D eigenvalue weighted by molar-refractivity contribution is -0.141. The minimum Gasteiger partial charge on any atom is -0.487 e. The third kappa shape index (κ3) is 7.81. The molecule has 2 aromatic rings. The van der Waals surface area contributed by atoms with Gasteiger partial charge in [0.05, 0.1) is 18.2 Å². The van der Waals surface area contributed by atoms with Crippen LogP contribution in [0, 0.1) is 5.41 Å². The maximum Gasteiger partial charge on any atom is 0.303 e. The van der Waals surface area contributed by atoms with E-state index in [2.05, 4.69) is 20.6 Å². The SMILES string of the molecule is CC(C)(C)[C@H](NC(=O)CCCCCC(=O)O)C(=O)N1C[C@H](O)C[C@H]1NC(=O)Cc1ccc2c(c1)OCc1ncncc1-2. The monoisotopic (exact) mass is 581 g/mol. The minimum absolute atomic E-state index is 0.0373. The zero-order valence-electron chi connectivity index (χ0n) is 24.3. The van der Waals surface area contributed by atoms with Gasteiger partial charge in [-0.15, -0.1) is 0 Å². The molecule has 3 amide bonds. The third-order valence-corrected chi connectivity index (χ3v) is 7.46. The Morgan fingerprint density at radius 3 is 2.60 bits per heavy atom. The summed E-state index contributed by atoms with van der Waals surface area (Å²) in [6, 6.07) is 4.64. The Balaban J connectivity index is 1.37. The Morgan fingerprint density at radius 2 is 1.86 bits per heavy atom. The zero-order valence-corrected chi connectivity index (χ0v) is 24.3. The van der Waals surface area contributed by atoms with Crippen LogP contribution in [-0.2, 0) is 32.2 Å². The highest BCUT2D eigenvalue weighted by molar-refractivity contribution is 5.89.